The van der Waals surface area contributed by atoms with Gasteiger partial charge in [0.2, 0.25) is 0 Å². The lowest BCUT2D eigenvalue weighted by atomic mass is 10.0. The molecule has 4 heteroatoms. The van der Waals surface area contributed by atoms with Gasteiger partial charge < -0.3 is 10.2 Å². The van der Waals surface area contributed by atoms with Gasteiger partial charge in [0.05, 0.1) is 16.1 Å². The first kappa shape index (κ1) is 12.6. The number of rotatable bonds is 2. The predicted octanol–water partition coefficient (Wildman–Crippen LogP) is 3.11. The third-order valence-corrected chi connectivity index (χ3v) is 3.28. The summed E-state index contributed by atoms with van der Waals surface area (Å²) >= 11 is 3.21. The summed E-state index contributed by atoms with van der Waals surface area (Å²) in [6.07, 6.45) is -0.783. The monoisotopic (exact) mass is 303 g/mol. The van der Waals surface area contributed by atoms with E-state index >= 15 is 0 Å². The molecule has 0 aliphatic rings. The van der Waals surface area contributed by atoms with Crippen molar-refractivity contribution in [3.8, 4) is 11.8 Å². The van der Waals surface area contributed by atoms with Crippen LogP contribution in [0.4, 0.5) is 0 Å². The fourth-order valence-electron chi connectivity index (χ4n) is 1.63. The van der Waals surface area contributed by atoms with Crippen molar-refractivity contribution in [2.75, 3.05) is 0 Å². The van der Waals surface area contributed by atoms with E-state index in [4.69, 9.17) is 5.26 Å². The lowest BCUT2D eigenvalue weighted by Crippen LogP contribution is -1.99. The minimum atomic E-state index is -0.783. The van der Waals surface area contributed by atoms with Crippen molar-refractivity contribution in [2.45, 2.75) is 6.10 Å². The van der Waals surface area contributed by atoms with E-state index in [0.29, 0.717) is 21.2 Å². The number of nitriles is 1. The van der Waals surface area contributed by atoms with Crippen LogP contribution in [0.3, 0.4) is 0 Å². The minimum Gasteiger partial charge on any atom is -0.507 e. The van der Waals surface area contributed by atoms with Gasteiger partial charge in [-0.15, -0.1) is 0 Å². The molecule has 2 rings (SSSR count). The summed E-state index contributed by atoms with van der Waals surface area (Å²) < 4.78 is 0.535. The fourth-order valence-corrected chi connectivity index (χ4v) is 2.02. The average Bonchev–Trinajstić information content (AvgIpc) is 2.41. The molecule has 2 aromatic rings. The van der Waals surface area contributed by atoms with Crippen LogP contribution < -0.4 is 0 Å². The van der Waals surface area contributed by atoms with Gasteiger partial charge in [-0.25, -0.2) is 0 Å². The highest BCUT2D eigenvalue weighted by Gasteiger charge is 2.11. The summed E-state index contributed by atoms with van der Waals surface area (Å²) in [6, 6.07) is 13.6. The standard InChI is InChI=1S/C14H10BrNO2/c15-12-7-11(5-6-13(12)17)14(18)10-3-1-9(8-16)2-4-10/h1-7,14,17-18H/t14-/m0/s1. The Labute approximate surface area is 113 Å². The molecule has 0 aliphatic heterocycles. The maximum absolute atomic E-state index is 10.2. The molecule has 0 saturated carbocycles. The smallest absolute Gasteiger partial charge is 0.129 e. The zero-order valence-corrected chi connectivity index (χ0v) is 10.9. The van der Waals surface area contributed by atoms with Gasteiger partial charge in [-0.1, -0.05) is 18.2 Å². The Morgan fingerprint density at radius 3 is 2.22 bits per heavy atom. The number of nitrogens with zero attached hydrogens (tertiary/aromatic N) is 1. The summed E-state index contributed by atoms with van der Waals surface area (Å²) in [5.74, 6) is 0.130. The third-order valence-electron chi connectivity index (χ3n) is 2.64. The van der Waals surface area contributed by atoms with E-state index < -0.39 is 6.10 Å². The number of hydrogen-bond donors (Lipinski definition) is 2. The van der Waals surface area contributed by atoms with Gasteiger partial charge in [-0.05, 0) is 51.3 Å². The summed E-state index contributed by atoms with van der Waals surface area (Å²) in [5.41, 5.74) is 1.92. The van der Waals surface area contributed by atoms with Crippen LogP contribution in [0.2, 0.25) is 0 Å². The Morgan fingerprint density at radius 1 is 1.06 bits per heavy atom. The van der Waals surface area contributed by atoms with Gasteiger partial charge in [0.25, 0.3) is 0 Å². The number of aromatic hydroxyl groups is 1. The molecular weight excluding hydrogens is 294 g/mol. The van der Waals surface area contributed by atoms with Crippen molar-refractivity contribution >= 4 is 15.9 Å². The fraction of sp³-hybridized carbons (Fsp3) is 0.0714. The molecule has 0 aromatic heterocycles. The maximum Gasteiger partial charge on any atom is 0.129 e. The summed E-state index contributed by atoms with van der Waals surface area (Å²) in [5, 5.41) is 28.3. The average molecular weight is 304 g/mol. The molecule has 2 N–H and O–H groups in total. The first-order valence-electron chi connectivity index (χ1n) is 5.28. The molecule has 18 heavy (non-hydrogen) atoms. The normalized spacial score (nSPS) is 11.8. The second kappa shape index (κ2) is 5.21. The van der Waals surface area contributed by atoms with Crippen LogP contribution in [0.15, 0.2) is 46.9 Å². The Hall–Kier alpha value is -1.83. The van der Waals surface area contributed by atoms with Gasteiger partial charge >= 0.3 is 0 Å². The molecule has 0 aliphatic carbocycles. The van der Waals surface area contributed by atoms with E-state index in [1.54, 1.807) is 36.4 Å². The molecule has 0 amide bonds. The maximum atomic E-state index is 10.2. The van der Waals surface area contributed by atoms with E-state index in [1.165, 1.54) is 6.07 Å². The van der Waals surface area contributed by atoms with Gasteiger partial charge in [-0.2, -0.15) is 5.26 Å². The van der Waals surface area contributed by atoms with E-state index in [2.05, 4.69) is 15.9 Å². The summed E-state index contributed by atoms with van der Waals surface area (Å²) in [6.45, 7) is 0. The molecule has 0 spiro atoms. The lowest BCUT2D eigenvalue weighted by Gasteiger charge is -2.12. The van der Waals surface area contributed by atoms with Crippen LogP contribution in [-0.2, 0) is 0 Å². The molecule has 3 nitrogen and oxygen atoms in total. The Balaban J connectivity index is 2.32. The third kappa shape index (κ3) is 2.53. The topological polar surface area (TPSA) is 64.2 Å². The van der Waals surface area contributed by atoms with Crippen LogP contribution in [0.25, 0.3) is 0 Å². The number of halogens is 1. The van der Waals surface area contributed by atoms with Crippen molar-refractivity contribution in [1.82, 2.24) is 0 Å². The van der Waals surface area contributed by atoms with Crippen molar-refractivity contribution in [3.63, 3.8) is 0 Å². The largest absolute Gasteiger partial charge is 0.507 e. The molecule has 90 valence electrons. The Kier molecular flexibility index (Phi) is 3.66. The number of phenolic OH excluding ortho intramolecular Hbond substituents is 1. The van der Waals surface area contributed by atoms with Crippen LogP contribution >= 0.6 is 15.9 Å². The first-order chi connectivity index (χ1) is 8.61. The second-order valence-corrected chi connectivity index (χ2v) is 4.70. The Bertz CT molecular complexity index is 602. The zero-order chi connectivity index (χ0) is 13.1. The molecule has 2 aromatic carbocycles. The van der Waals surface area contributed by atoms with Gasteiger partial charge in [0, 0.05) is 0 Å². The number of aliphatic hydroxyl groups excluding tert-OH is 1. The molecule has 0 radical (unpaired) electrons. The lowest BCUT2D eigenvalue weighted by molar-refractivity contribution is 0.220. The van der Waals surface area contributed by atoms with E-state index in [0.717, 1.165) is 0 Å². The molecule has 0 saturated heterocycles. The minimum absolute atomic E-state index is 0.130. The zero-order valence-electron chi connectivity index (χ0n) is 9.34. The molecule has 0 unspecified atom stereocenters. The number of hydrogen-bond acceptors (Lipinski definition) is 3. The number of aliphatic hydroxyl groups is 1. The van der Waals surface area contributed by atoms with Crippen molar-refractivity contribution in [1.29, 1.82) is 5.26 Å². The summed E-state index contributed by atoms with van der Waals surface area (Å²) in [4.78, 5) is 0. The number of benzene rings is 2. The molecule has 1 atom stereocenters. The highest BCUT2D eigenvalue weighted by molar-refractivity contribution is 9.10. The van der Waals surface area contributed by atoms with Gasteiger partial charge in [0.1, 0.15) is 11.9 Å². The van der Waals surface area contributed by atoms with Crippen LogP contribution in [0.1, 0.15) is 22.8 Å². The second-order valence-electron chi connectivity index (χ2n) is 3.85. The van der Waals surface area contributed by atoms with Crippen LogP contribution in [0.5, 0.6) is 5.75 Å². The molecular formula is C14H10BrNO2. The Morgan fingerprint density at radius 2 is 1.67 bits per heavy atom. The summed E-state index contributed by atoms with van der Waals surface area (Å²) in [7, 11) is 0. The van der Waals surface area contributed by atoms with Gasteiger partial charge in [0.15, 0.2) is 0 Å². The predicted molar refractivity (Wildman–Crippen MR) is 71.0 cm³/mol. The van der Waals surface area contributed by atoms with E-state index in [-0.39, 0.29) is 5.75 Å². The first-order valence-corrected chi connectivity index (χ1v) is 6.07. The van der Waals surface area contributed by atoms with Crippen LogP contribution in [0, 0.1) is 11.3 Å². The van der Waals surface area contributed by atoms with Crippen LogP contribution in [-0.4, -0.2) is 10.2 Å². The van der Waals surface area contributed by atoms with E-state index in [9.17, 15) is 10.2 Å². The van der Waals surface area contributed by atoms with Crippen molar-refractivity contribution < 1.29 is 10.2 Å². The highest BCUT2D eigenvalue weighted by atomic mass is 79.9. The van der Waals surface area contributed by atoms with Crippen molar-refractivity contribution in [2.24, 2.45) is 0 Å². The number of phenols is 1. The molecule has 0 heterocycles. The molecule has 0 fully saturated rings. The van der Waals surface area contributed by atoms with E-state index in [1.807, 2.05) is 6.07 Å². The van der Waals surface area contributed by atoms with Crippen molar-refractivity contribution in [3.05, 3.63) is 63.6 Å². The molecule has 0 bridgehead atoms. The quantitative estimate of drug-likeness (QED) is 0.896. The SMILES string of the molecule is N#Cc1ccc([C@H](O)c2ccc(O)c(Br)c2)cc1. The highest BCUT2D eigenvalue weighted by Crippen LogP contribution is 2.29. The van der Waals surface area contributed by atoms with Gasteiger partial charge in [-0.3, -0.25) is 0 Å².